The van der Waals surface area contributed by atoms with E-state index in [2.05, 4.69) is 9.71 Å². The second-order valence-corrected chi connectivity index (χ2v) is 7.88. The Labute approximate surface area is 133 Å². The number of aromatic nitrogens is 2. The molecule has 10 heteroatoms. The highest BCUT2D eigenvalue weighted by atomic mass is 35.5. The standard InChI is InChI=1S/C11H10ClN3O3S3/c12-9-10(15-2-4-20-11(15)14-9)21(17,18)13-5-8(16)7-1-3-19-6-7/h1-4,6,8,13,16H,5H2. The Bertz CT molecular complexity index is 854. The quantitative estimate of drug-likeness (QED) is 0.727. The summed E-state index contributed by atoms with van der Waals surface area (Å²) in [4.78, 5) is 4.48. The minimum absolute atomic E-state index is 0.0839. The van der Waals surface area contributed by atoms with Crippen LogP contribution in [0.1, 0.15) is 11.7 Å². The SMILES string of the molecule is O=S(=O)(NCC(O)c1ccsc1)c1c(Cl)nc2sccn12. The summed E-state index contributed by atoms with van der Waals surface area (Å²) in [6, 6.07) is 1.74. The zero-order chi connectivity index (χ0) is 15.0. The summed E-state index contributed by atoms with van der Waals surface area (Å²) in [7, 11) is -3.86. The summed E-state index contributed by atoms with van der Waals surface area (Å²) in [5, 5.41) is 15.0. The van der Waals surface area contributed by atoms with Crippen LogP contribution in [0.4, 0.5) is 0 Å². The fraction of sp³-hybridized carbons (Fsp3) is 0.182. The molecule has 0 radical (unpaired) electrons. The first kappa shape index (κ1) is 14.9. The van der Waals surface area contributed by atoms with Gasteiger partial charge in [0.05, 0.1) is 6.10 Å². The molecule has 1 unspecified atom stereocenters. The van der Waals surface area contributed by atoms with Crippen LogP contribution in [0, 0.1) is 0 Å². The lowest BCUT2D eigenvalue weighted by atomic mass is 10.2. The van der Waals surface area contributed by atoms with Crippen LogP contribution in [0.2, 0.25) is 5.15 Å². The molecule has 0 saturated carbocycles. The number of fused-ring (bicyclic) bond motifs is 1. The third kappa shape index (κ3) is 2.85. The van der Waals surface area contributed by atoms with Crippen molar-refractivity contribution in [2.45, 2.75) is 11.1 Å². The molecule has 3 heterocycles. The van der Waals surface area contributed by atoms with Crippen molar-refractivity contribution in [3.63, 3.8) is 0 Å². The lowest BCUT2D eigenvalue weighted by Crippen LogP contribution is -2.29. The largest absolute Gasteiger partial charge is 0.387 e. The first-order chi connectivity index (χ1) is 9.99. The number of hydrogen-bond donors (Lipinski definition) is 2. The van der Waals surface area contributed by atoms with Crippen molar-refractivity contribution in [1.29, 1.82) is 0 Å². The van der Waals surface area contributed by atoms with Crippen LogP contribution in [0.15, 0.2) is 33.4 Å². The van der Waals surface area contributed by atoms with Crippen LogP contribution >= 0.6 is 34.3 Å². The number of imidazole rings is 1. The smallest absolute Gasteiger partial charge is 0.259 e. The predicted octanol–water partition coefficient (Wildman–Crippen LogP) is 2.12. The highest BCUT2D eigenvalue weighted by Gasteiger charge is 2.25. The van der Waals surface area contributed by atoms with Gasteiger partial charge in [-0.25, -0.2) is 18.1 Å². The van der Waals surface area contributed by atoms with E-state index >= 15 is 0 Å². The van der Waals surface area contributed by atoms with Gasteiger partial charge in [-0.05, 0) is 22.4 Å². The van der Waals surface area contributed by atoms with Gasteiger partial charge in [0.2, 0.25) is 0 Å². The molecule has 21 heavy (non-hydrogen) atoms. The molecule has 0 aliphatic heterocycles. The highest BCUT2D eigenvalue weighted by molar-refractivity contribution is 7.89. The first-order valence-electron chi connectivity index (χ1n) is 5.80. The number of nitrogens with zero attached hydrogens (tertiary/aromatic N) is 2. The Morgan fingerprint density at radius 2 is 2.29 bits per heavy atom. The summed E-state index contributed by atoms with van der Waals surface area (Å²) < 4.78 is 28.4. The molecule has 0 spiro atoms. The van der Waals surface area contributed by atoms with Gasteiger partial charge in [-0.1, -0.05) is 11.6 Å². The minimum atomic E-state index is -3.86. The Morgan fingerprint density at radius 3 is 3.00 bits per heavy atom. The molecule has 112 valence electrons. The van der Waals surface area contributed by atoms with Crippen LogP contribution in [0.25, 0.3) is 4.96 Å². The number of aliphatic hydroxyl groups excluding tert-OH is 1. The average Bonchev–Trinajstić information content (AvgIpc) is 3.10. The molecule has 1 atom stereocenters. The molecule has 2 N–H and O–H groups in total. The molecule has 3 rings (SSSR count). The van der Waals surface area contributed by atoms with Gasteiger partial charge >= 0.3 is 0 Å². The maximum absolute atomic E-state index is 12.3. The third-order valence-electron chi connectivity index (χ3n) is 2.83. The van der Waals surface area contributed by atoms with Crippen molar-refractivity contribution in [3.8, 4) is 0 Å². The van der Waals surface area contributed by atoms with Crippen molar-refractivity contribution in [2.75, 3.05) is 6.54 Å². The molecule has 0 bridgehead atoms. The van der Waals surface area contributed by atoms with Crippen LogP contribution in [0.3, 0.4) is 0 Å². The summed E-state index contributed by atoms with van der Waals surface area (Å²) in [6.07, 6.45) is 0.679. The molecule has 0 aromatic carbocycles. The van der Waals surface area contributed by atoms with E-state index in [9.17, 15) is 13.5 Å². The Kier molecular flexibility index (Phi) is 4.04. The third-order valence-corrected chi connectivity index (χ3v) is 6.11. The highest BCUT2D eigenvalue weighted by Crippen LogP contribution is 2.25. The van der Waals surface area contributed by atoms with Gasteiger partial charge in [-0.3, -0.25) is 4.40 Å². The van der Waals surface area contributed by atoms with Gasteiger partial charge < -0.3 is 5.11 Å². The van der Waals surface area contributed by atoms with Gasteiger partial charge in [0.1, 0.15) is 0 Å². The van der Waals surface area contributed by atoms with Crippen LogP contribution in [0.5, 0.6) is 0 Å². The normalized spacial score (nSPS) is 13.8. The van der Waals surface area contributed by atoms with Crippen molar-refractivity contribution in [3.05, 3.63) is 39.1 Å². The van der Waals surface area contributed by atoms with Gasteiger partial charge in [0, 0.05) is 18.1 Å². The maximum atomic E-state index is 12.3. The monoisotopic (exact) mass is 363 g/mol. The number of thiazole rings is 1. The van der Waals surface area contributed by atoms with E-state index in [1.54, 1.807) is 23.0 Å². The topological polar surface area (TPSA) is 83.7 Å². The molecular weight excluding hydrogens is 354 g/mol. The van der Waals surface area contributed by atoms with E-state index in [-0.39, 0.29) is 16.7 Å². The van der Waals surface area contributed by atoms with E-state index < -0.39 is 16.1 Å². The Balaban J connectivity index is 1.84. The number of halogens is 1. The molecule has 3 aromatic heterocycles. The molecule has 0 aliphatic carbocycles. The number of hydrogen-bond acceptors (Lipinski definition) is 6. The van der Waals surface area contributed by atoms with E-state index in [4.69, 9.17) is 11.6 Å². The molecule has 3 aromatic rings. The van der Waals surface area contributed by atoms with Gasteiger partial charge in [0.15, 0.2) is 15.1 Å². The van der Waals surface area contributed by atoms with E-state index in [1.807, 2.05) is 5.38 Å². The molecule has 0 aliphatic rings. The fourth-order valence-corrected chi connectivity index (χ4v) is 5.01. The summed E-state index contributed by atoms with van der Waals surface area (Å²) >= 11 is 8.62. The Hall–Kier alpha value is -0.970. The van der Waals surface area contributed by atoms with E-state index in [0.717, 1.165) is 0 Å². The van der Waals surface area contributed by atoms with Crippen molar-refractivity contribution in [1.82, 2.24) is 14.1 Å². The second-order valence-electron chi connectivity index (χ2n) is 4.19. The maximum Gasteiger partial charge on any atom is 0.259 e. The molecule has 0 amide bonds. The van der Waals surface area contributed by atoms with Crippen LogP contribution in [-0.2, 0) is 10.0 Å². The number of nitrogens with one attached hydrogen (secondary N) is 1. The lowest BCUT2D eigenvalue weighted by Gasteiger charge is -2.10. The fourth-order valence-electron chi connectivity index (χ4n) is 1.82. The van der Waals surface area contributed by atoms with Gasteiger partial charge in [-0.2, -0.15) is 11.3 Å². The summed E-state index contributed by atoms with van der Waals surface area (Å²) in [5.41, 5.74) is 0.669. The van der Waals surface area contributed by atoms with Crippen molar-refractivity contribution in [2.24, 2.45) is 0 Å². The lowest BCUT2D eigenvalue weighted by molar-refractivity contribution is 0.182. The molecule has 0 fully saturated rings. The predicted molar refractivity (Wildman–Crippen MR) is 82.5 cm³/mol. The van der Waals surface area contributed by atoms with E-state index in [0.29, 0.717) is 10.5 Å². The van der Waals surface area contributed by atoms with Crippen molar-refractivity contribution >= 4 is 49.3 Å². The van der Waals surface area contributed by atoms with Gasteiger partial charge in [0.25, 0.3) is 10.0 Å². The number of aliphatic hydroxyl groups is 1. The first-order valence-corrected chi connectivity index (χ1v) is 9.48. The Morgan fingerprint density at radius 1 is 1.48 bits per heavy atom. The molecule has 0 saturated heterocycles. The second kappa shape index (κ2) is 5.67. The molecular formula is C11H10ClN3O3S3. The number of sulfonamides is 1. The number of thiophene rings is 1. The summed E-state index contributed by atoms with van der Waals surface area (Å²) in [6.45, 7) is -0.132. The zero-order valence-corrected chi connectivity index (χ0v) is 13.6. The van der Waals surface area contributed by atoms with Gasteiger partial charge in [-0.15, -0.1) is 11.3 Å². The minimum Gasteiger partial charge on any atom is -0.387 e. The van der Waals surface area contributed by atoms with E-state index in [1.165, 1.54) is 27.1 Å². The van der Waals surface area contributed by atoms with Crippen LogP contribution < -0.4 is 4.72 Å². The van der Waals surface area contributed by atoms with Crippen molar-refractivity contribution < 1.29 is 13.5 Å². The average molecular weight is 364 g/mol. The molecule has 6 nitrogen and oxygen atoms in total. The summed E-state index contributed by atoms with van der Waals surface area (Å²) in [5.74, 6) is 0. The zero-order valence-electron chi connectivity index (χ0n) is 10.4. The van der Waals surface area contributed by atoms with Crippen LogP contribution in [-0.4, -0.2) is 29.5 Å². The number of rotatable bonds is 5.